The van der Waals surface area contributed by atoms with Crippen LogP contribution >= 0.6 is 0 Å². The van der Waals surface area contributed by atoms with Crippen molar-refractivity contribution >= 4 is 5.91 Å². The zero-order valence-electron chi connectivity index (χ0n) is 13.1. The zero-order chi connectivity index (χ0) is 16.0. The lowest BCUT2D eigenvalue weighted by Gasteiger charge is -2.26. The summed E-state index contributed by atoms with van der Waals surface area (Å²) in [7, 11) is 0. The summed E-state index contributed by atoms with van der Waals surface area (Å²) in [4.78, 5) is 12.0. The Kier molecular flexibility index (Phi) is 5.34. The molecule has 1 amide bonds. The Morgan fingerprint density at radius 1 is 1.05 bits per heavy atom. The van der Waals surface area contributed by atoms with Gasteiger partial charge in [-0.2, -0.15) is 0 Å². The number of amides is 1. The van der Waals surface area contributed by atoms with E-state index in [0.717, 1.165) is 5.56 Å². The Morgan fingerprint density at radius 2 is 1.59 bits per heavy atom. The zero-order valence-corrected chi connectivity index (χ0v) is 13.1. The highest BCUT2D eigenvalue weighted by Gasteiger charge is 2.22. The molecule has 0 spiro atoms. The lowest BCUT2D eigenvalue weighted by atomic mass is 9.84. The highest BCUT2D eigenvalue weighted by molar-refractivity contribution is 5.76. The van der Waals surface area contributed by atoms with Gasteiger partial charge < -0.3 is 10.4 Å². The van der Waals surface area contributed by atoms with Crippen molar-refractivity contribution in [2.24, 2.45) is 0 Å². The highest BCUT2D eigenvalue weighted by Crippen LogP contribution is 2.22. The molecule has 0 aliphatic rings. The molecule has 1 unspecified atom stereocenters. The van der Waals surface area contributed by atoms with Crippen LogP contribution in [0.4, 0.5) is 0 Å². The summed E-state index contributed by atoms with van der Waals surface area (Å²) in [6, 6.07) is 19.3. The first-order valence-corrected chi connectivity index (χ1v) is 7.54. The predicted octanol–water partition coefficient (Wildman–Crippen LogP) is 3.20. The molecule has 0 heterocycles. The second-order valence-electron chi connectivity index (χ2n) is 6.16. The van der Waals surface area contributed by atoms with Gasteiger partial charge in [0.25, 0.3) is 0 Å². The predicted molar refractivity (Wildman–Crippen MR) is 88.5 cm³/mol. The molecule has 3 nitrogen and oxygen atoms in total. The molecule has 0 bridgehead atoms. The number of carbonyl (C=O) groups is 1. The molecule has 0 aliphatic heterocycles. The van der Waals surface area contributed by atoms with Crippen molar-refractivity contribution in [2.45, 2.75) is 31.8 Å². The smallest absolute Gasteiger partial charge is 0.222 e. The molecular weight excluding hydrogens is 274 g/mol. The maximum Gasteiger partial charge on any atom is 0.222 e. The summed E-state index contributed by atoms with van der Waals surface area (Å²) in [6.45, 7) is 4.73. The van der Waals surface area contributed by atoms with E-state index >= 15 is 0 Å². The lowest BCUT2D eigenvalue weighted by molar-refractivity contribution is -0.123. The van der Waals surface area contributed by atoms with Crippen LogP contribution in [0.2, 0.25) is 0 Å². The summed E-state index contributed by atoms with van der Waals surface area (Å²) >= 11 is 0. The second-order valence-corrected chi connectivity index (χ2v) is 6.16. The van der Waals surface area contributed by atoms with E-state index in [0.29, 0.717) is 6.54 Å². The van der Waals surface area contributed by atoms with E-state index < -0.39 is 6.10 Å². The minimum atomic E-state index is -0.763. The molecule has 2 N–H and O–H groups in total. The van der Waals surface area contributed by atoms with Gasteiger partial charge in [0.15, 0.2) is 0 Å². The Hall–Kier alpha value is -2.13. The van der Waals surface area contributed by atoms with Crippen molar-refractivity contribution in [3.05, 3.63) is 71.8 Å². The first kappa shape index (κ1) is 16.2. The van der Waals surface area contributed by atoms with Crippen LogP contribution in [0.3, 0.4) is 0 Å². The molecule has 2 rings (SSSR count). The van der Waals surface area contributed by atoms with Gasteiger partial charge in [-0.15, -0.1) is 0 Å². The number of hydrogen-bond acceptors (Lipinski definition) is 2. The molecule has 116 valence electrons. The molecule has 0 aliphatic carbocycles. The van der Waals surface area contributed by atoms with Crippen molar-refractivity contribution in [2.75, 3.05) is 6.54 Å². The quantitative estimate of drug-likeness (QED) is 0.860. The Labute approximate surface area is 132 Å². The molecule has 3 heteroatoms. The van der Waals surface area contributed by atoms with Crippen molar-refractivity contribution in [3.63, 3.8) is 0 Å². The van der Waals surface area contributed by atoms with Gasteiger partial charge in [-0.3, -0.25) is 4.79 Å². The monoisotopic (exact) mass is 297 g/mol. The van der Waals surface area contributed by atoms with Crippen molar-refractivity contribution in [3.8, 4) is 0 Å². The van der Waals surface area contributed by atoms with Gasteiger partial charge >= 0.3 is 0 Å². The lowest BCUT2D eigenvalue weighted by Crippen LogP contribution is -2.37. The second kappa shape index (κ2) is 7.23. The minimum Gasteiger partial charge on any atom is -0.388 e. The van der Waals surface area contributed by atoms with E-state index in [1.807, 2.05) is 48.5 Å². The number of carbonyl (C=O) groups excluding carboxylic acids is 1. The number of aliphatic hydroxyl groups excluding tert-OH is 1. The van der Waals surface area contributed by atoms with E-state index in [-0.39, 0.29) is 17.7 Å². The molecule has 1 atom stereocenters. The number of aliphatic hydroxyl groups is 1. The van der Waals surface area contributed by atoms with Gasteiger partial charge in [0, 0.05) is 12.0 Å². The van der Waals surface area contributed by atoms with E-state index in [1.54, 1.807) is 0 Å². The molecule has 0 saturated heterocycles. The van der Waals surface area contributed by atoms with Gasteiger partial charge in [-0.1, -0.05) is 74.5 Å². The van der Waals surface area contributed by atoms with Crippen molar-refractivity contribution in [1.29, 1.82) is 0 Å². The summed E-state index contributed by atoms with van der Waals surface area (Å²) in [5.74, 6) is -0.139. The summed E-state index contributed by atoms with van der Waals surface area (Å²) in [5, 5.41) is 13.0. The SMILES string of the molecule is CC(C)(CNC(=O)CC(O)c1ccccc1)c1ccccc1. The topological polar surface area (TPSA) is 49.3 Å². The Bertz CT molecular complexity index is 593. The third-order valence-electron chi connectivity index (χ3n) is 3.85. The minimum absolute atomic E-state index is 0.0783. The van der Waals surface area contributed by atoms with E-state index in [1.165, 1.54) is 5.56 Å². The Morgan fingerprint density at radius 3 is 2.18 bits per heavy atom. The largest absolute Gasteiger partial charge is 0.388 e. The number of hydrogen-bond donors (Lipinski definition) is 2. The molecule has 0 aromatic heterocycles. The van der Waals surface area contributed by atoms with E-state index in [4.69, 9.17) is 0 Å². The van der Waals surface area contributed by atoms with Crippen molar-refractivity contribution in [1.82, 2.24) is 5.32 Å². The maximum absolute atomic E-state index is 12.0. The van der Waals surface area contributed by atoms with Crippen LogP contribution in [0.5, 0.6) is 0 Å². The molecule has 22 heavy (non-hydrogen) atoms. The van der Waals surface area contributed by atoms with Gasteiger partial charge in [-0.05, 0) is 11.1 Å². The third kappa shape index (κ3) is 4.43. The molecule has 0 saturated carbocycles. The fourth-order valence-corrected chi connectivity index (χ4v) is 2.35. The first-order chi connectivity index (χ1) is 10.5. The third-order valence-corrected chi connectivity index (χ3v) is 3.85. The van der Waals surface area contributed by atoms with Crippen LogP contribution in [-0.4, -0.2) is 17.6 Å². The number of benzene rings is 2. The van der Waals surface area contributed by atoms with Gasteiger partial charge in [-0.25, -0.2) is 0 Å². The normalized spacial score (nSPS) is 12.7. The van der Waals surface area contributed by atoms with Crippen LogP contribution in [0.1, 0.15) is 37.5 Å². The van der Waals surface area contributed by atoms with Gasteiger partial charge in [0.1, 0.15) is 0 Å². The van der Waals surface area contributed by atoms with Crippen LogP contribution in [-0.2, 0) is 10.2 Å². The van der Waals surface area contributed by atoms with E-state index in [2.05, 4.69) is 31.3 Å². The molecular formula is C19H23NO2. The fourth-order valence-electron chi connectivity index (χ4n) is 2.35. The highest BCUT2D eigenvalue weighted by atomic mass is 16.3. The summed E-state index contributed by atoms with van der Waals surface area (Å²) in [6.07, 6.45) is -0.685. The number of nitrogens with one attached hydrogen (secondary N) is 1. The summed E-state index contributed by atoms with van der Waals surface area (Å²) < 4.78 is 0. The van der Waals surface area contributed by atoms with E-state index in [9.17, 15) is 9.90 Å². The molecule has 2 aromatic rings. The standard InChI is InChI=1S/C19H23NO2/c1-19(2,16-11-7-4-8-12-16)14-20-18(22)13-17(21)15-9-5-3-6-10-15/h3-12,17,21H,13-14H2,1-2H3,(H,20,22). The van der Waals surface area contributed by atoms with Gasteiger partial charge in [0.2, 0.25) is 5.91 Å². The average Bonchev–Trinajstić information content (AvgIpc) is 2.55. The first-order valence-electron chi connectivity index (χ1n) is 7.54. The van der Waals surface area contributed by atoms with Crippen LogP contribution < -0.4 is 5.32 Å². The number of rotatable bonds is 6. The molecule has 0 fully saturated rings. The van der Waals surface area contributed by atoms with Crippen molar-refractivity contribution < 1.29 is 9.90 Å². The average molecular weight is 297 g/mol. The maximum atomic E-state index is 12.0. The fraction of sp³-hybridized carbons (Fsp3) is 0.316. The Balaban J connectivity index is 1.88. The van der Waals surface area contributed by atoms with Crippen LogP contribution in [0.15, 0.2) is 60.7 Å². The van der Waals surface area contributed by atoms with Crippen LogP contribution in [0.25, 0.3) is 0 Å². The van der Waals surface area contributed by atoms with Crippen LogP contribution in [0, 0.1) is 0 Å². The molecule has 0 radical (unpaired) electrons. The van der Waals surface area contributed by atoms with Gasteiger partial charge in [0.05, 0.1) is 12.5 Å². The molecule has 2 aromatic carbocycles. The summed E-state index contributed by atoms with van der Waals surface area (Å²) in [5.41, 5.74) is 1.80.